The molecule has 0 aromatic heterocycles. The Morgan fingerprint density at radius 3 is 2.69 bits per heavy atom. The number of ether oxygens (including phenoxy) is 2. The molecule has 0 bridgehead atoms. The zero-order valence-electron chi connectivity index (χ0n) is 8.02. The molecule has 0 radical (unpaired) electrons. The number of rotatable bonds is 1. The Morgan fingerprint density at radius 1 is 1.19 bits per heavy atom. The van der Waals surface area contributed by atoms with Crippen molar-refractivity contribution in [2.75, 3.05) is 6.79 Å². The van der Waals surface area contributed by atoms with Crippen molar-refractivity contribution in [1.29, 1.82) is 0 Å². The van der Waals surface area contributed by atoms with E-state index in [4.69, 9.17) is 14.6 Å². The first-order valence-electron chi connectivity index (χ1n) is 4.36. The fourth-order valence-electron chi connectivity index (χ4n) is 1.22. The maximum Gasteiger partial charge on any atom is 0.382 e. The van der Waals surface area contributed by atoms with E-state index in [1.807, 2.05) is 5.92 Å². The summed E-state index contributed by atoms with van der Waals surface area (Å²) in [6.07, 6.45) is 0. The van der Waals surface area contributed by atoms with Crippen molar-refractivity contribution in [3.63, 3.8) is 0 Å². The number of fused-ring (bicyclic) bond motifs is 1. The van der Waals surface area contributed by atoms with Crippen LogP contribution in [0.4, 0.5) is 0 Å². The Morgan fingerprint density at radius 2 is 1.94 bits per heavy atom. The van der Waals surface area contributed by atoms with Gasteiger partial charge in [-0.1, -0.05) is 0 Å². The number of carboxylic acids is 1. The van der Waals surface area contributed by atoms with E-state index < -0.39 is 11.8 Å². The molecule has 5 heteroatoms. The number of Topliss-reactive ketones (excluding diaryl/α,β-unsaturated/α-hetero) is 1. The van der Waals surface area contributed by atoms with Gasteiger partial charge in [0.05, 0.1) is 0 Å². The van der Waals surface area contributed by atoms with Crippen LogP contribution >= 0.6 is 0 Å². The van der Waals surface area contributed by atoms with Crippen LogP contribution in [0.1, 0.15) is 10.4 Å². The Kier molecular flexibility index (Phi) is 2.48. The molecule has 0 atom stereocenters. The van der Waals surface area contributed by atoms with Gasteiger partial charge < -0.3 is 14.6 Å². The minimum atomic E-state index is -1.34. The van der Waals surface area contributed by atoms with E-state index in [2.05, 4.69) is 0 Å². The Bertz CT molecular complexity index is 521. The van der Waals surface area contributed by atoms with Crippen molar-refractivity contribution in [2.45, 2.75) is 0 Å². The summed E-state index contributed by atoms with van der Waals surface area (Å²) in [7, 11) is 0. The van der Waals surface area contributed by atoms with Crippen LogP contribution in [-0.2, 0) is 4.79 Å². The number of carbonyl (C=O) groups excluding carboxylic acids is 1. The van der Waals surface area contributed by atoms with Gasteiger partial charge in [0.2, 0.25) is 12.6 Å². The van der Waals surface area contributed by atoms with Gasteiger partial charge in [-0.25, -0.2) is 4.79 Å². The van der Waals surface area contributed by atoms with E-state index in [0.29, 0.717) is 11.5 Å². The summed E-state index contributed by atoms with van der Waals surface area (Å²) < 4.78 is 10.1. The van der Waals surface area contributed by atoms with Crippen LogP contribution in [-0.4, -0.2) is 23.7 Å². The van der Waals surface area contributed by atoms with Crippen LogP contribution in [0.15, 0.2) is 18.2 Å². The summed E-state index contributed by atoms with van der Waals surface area (Å²) in [5.74, 6) is 2.87. The first kappa shape index (κ1) is 10.1. The SMILES string of the molecule is O=C(O)C#CC(=O)c1ccc2c(c1)OCO2. The van der Waals surface area contributed by atoms with Crippen LogP contribution in [0.5, 0.6) is 11.5 Å². The molecule has 0 saturated carbocycles. The molecule has 1 aliphatic rings. The third-order valence-electron chi connectivity index (χ3n) is 1.92. The average molecular weight is 218 g/mol. The lowest BCUT2D eigenvalue weighted by atomic mass is 10.1. The second kappa shape index (κ2) is 3.95. The second-order valence-electron chi connectivity index (χ2n) is 2.95. The van der Waals surface area contributed by atoms with Gasteiger partial charge in [0, 0.05) is 11.5 Å². The fraction of sp³-hybridized carbons (Fsp3) is 0.0909. The summed E-state index contributed by atoms with van der Waals surface area (Å²) in [5, 5.41) is 8.29. The van der Waals surface area contributed by atoms with Gasteiger partial charge in [0.1, 0.15) is 0 Å². The van der Waals surface area contributed by atoms with Crippen LogP contribution in [0.3, 0.4) is 0 Å². The summed E-state index contributed by atoms with van der Waals surface area (Å²) >= 11 is 0. The zero-order valence-corrected chi connectivity index (χ0v) is 8.02. The molecular formula is C11H6O5. The van der Waals surface area contributed by atoms with E-state index in [1.54, 1.807) is 12.0 Å². The van der Waals surface area contributed by atoms with Gasteiger partial charge >= 0.3 is 5.97 Å². The van der Waals surface area contributed by atoms with Crippen molar-refractivity contribution >= 4 is 11.8 Å². The van der Waals surface area contributed by atoms with Crippen molar-refractivity contribution in [3.8, 4) is 23.3 Å². The minimum Gasteiger partial charge on any atom is -0.472 e. The van der Waals surface area contributed by atoms with Gasteiger partial charge in [-0.05, 0) is 24.1 Å². The largest absolute Gasteiger partial charge is 0.472 e. The van der Waals surface area contributed by atoms with Gasteiger partial charge in [-0.15, -0.1) is 0 Å². The monoisotopic (exact) mass is 218 g/mol. The van der Waals surface area contributed by atoms with Gasteiger partial charge in [-0.3, -0.25) is 4.79 Å². The first-order valence-corrected chi connectivity index (χ1v) is 4.36. The number of hydrogen-bond acceptors (Lipinski definition) is 4. The van der Waals surface area contributed by atoms with Crippen LogP contribution < -0.4 is 9.47 Å². The molecule has 1 aromatic rings. The lowest BCUT2D eigenvalue weighted by Gasteiger charge is -1.97. The molecule has 0 amide bonds. The highest BCUT2D eigenvalue weighted by atomic mass is 16.7. The fourth-order valence-corrected chi connectivity index (χ4v) is 1.22. The van der Waals surface area contributed by atoms with Crippen molar-refractivity contribution in [1.82, 2.24) is 0 Å². The minimum absolute atomic E-state index is 0.119. The number of benzene rings is 1. The van der Waals surface area contributed by atoms with Crippen LogP contribution in [0, 0.1) is 11.8 Å². The van der Waals surface area contributed by atoms with E-state index in [1.165, 1.54) is 12.1 Å². The smallest absolute Gasteiger partial charge is 0.382 e. The molecule has 1 aromatic carbocycles. The predicted octanol–water partition coefficient (Wildman–Crippen LogP) is 0.686. The molecule has 1 heterocycles. The molecule has 1 aliphatic heterocycles. The summed E-state index contributed by atoms with van der Waals surface area (Å²) in [6.45, 7) is 0.119. The molecule has 5 nitrogen and oxygen atoms in total. The summed E-state index contributed by atoms with van der Waals surface area (Å²) in [5.41, 5.74) is 0.276. The maximum atomic E-state index is 11.4. The topological polar surface area (TPSA) is 72.8 Å². The lowest BCUT2D eigenvalue weighted by Crippen LogP contribution is -1.97. The highest BCUT2D eigenvalue weighted by Gasteiger charge is 2.15. The first-order chi connectivity index (χ1) is 7.66. The third kappa shape index (κ3) is 1.96. The normalized spacial score (nSPS) is 11.5. The molecule has 1 N–H and O–H groups in total. The number of ketones is 1. The Hall–Kier alpha value is -2.48. The summed E-state index contributed by atoms with van der Waals surface area (Å²) in [4.78, 5) is 21.6. The van der Waals surface area contributed by atoms with E-state index in [9.17, 15) is 9.59 Å². The molecular weight excluding hydrogens is 212 g/mol. The van der Waals surface area contributed by atoms with E-state index >= 15 is 0 Å². The molecule has 80 valence electrons. The highest BCUT2D eigenvalue weighted by molar-refractivity contribution is 6.11. The van der Waals surface area contributed by atoms with Gasteiger partial charge in [-0.2, -0.15) is 0 Å². The number of carbonyl (C=O) groups is 2. The molecule has 2 rings (SSSR count). The standard InChI is InChI=1S/C11H6O5/c12-8(2-4-11(13)14)7-1-3-9-10(5-7)16-6-15-9/h1,3,5H,6H2,(H,13,14). The molecule has 0 spiro atoms. The molecule has 0 aliphatic carbocycles. The van der Waals surface area contributed by atoms with Crippen molar-refractivity contribution in [2.24, 2.45) is 0 Å². The number of hydrogen-bond donors (Lipinski definition) is 1. The molecule has 0 fully saturated rings. The van der Waals surface area contributed by atoms with Crippen molar-refractivity contribution in [3.05, 3.63) is 23.8 Å². The Balaban J connectivity index is 2.26. The number of aliphatic carboxylic acids is 1. The number of carboxylic acid groups (broad SMARTS) is 1. The van der Waals surface area contributed by atoms with Gasteiger partial charge in [0.25, 0.3) is 0 Å². The van der Waals surface area contributed by atoms with Crippen LogP contribution in [0.25, 0.3) is 0 Å². The van der Waals surface area contributed by atoms with Crippen LogP contribution in [0.2, 0.25) is 0 Å². The average Bonchev–Trinajstić information content (AvgIpc) is 2.72. The maximum absolute atomic E-state index is 11.4. The highest BCUT2D eigenvalue weighted by Crippen LogP contribution is 2.32. The van der Waals surface area contributed by atoms with E-state index in [0.717, 1.165) is 0 Å². The Labute approximate surface area is 90.6 Å². The lowest BCUT2D eigenvalue weighted by molar-refractivity contribution is -0.130. The quantitative estimate of drug-likeness (QED) is 0.426. The molecule has 0 saturated heterocycles. The summed E-state index contributed by atoms with van der Waals surface area (Å²) in [6, 6.07) is 4.56. The third-order valence-corrected chi connectivity index (χ3v) is 1.92. The molecule has 0 unspecified atom stereocenters. The zero-order chi connectivity index (χ0) is 11.5. The predicted molar refractivity (Wildman–Crippen MR) is 52.3 cm³/mol. The van der Waals surface area contributed by atoms with Gasteiger partial charge in [0.15, 0.2) is 11.5 Å². The van der Waals surface area contributed by atoms with Crippen molar-refractivity contribution < 1.29 is 24.2 Å². The van der Waals surface area contributed by atoms with E-state index in [-0.39, 0.29) is 12.4 Å². The molecule has 16 heavy (non-hydrogen) atoms. The second-order valence-corrected chi connectivity index (χ2v) is 2.95.